The Morgan fingerprint density at radius 1 is 1.14 bits per heavy atom. The van der Waals surface area contributed by atoms with Gasteiger partial charge >= 0.3 is 0 Å². The van der Waals surface area contributed by atoms with Crippen LogP contribution >= 0.6 is 35.6 Å². The maximum atomic E-state index is 6.00. The highest BCUT2D eigenvalue weighted by molar-refractivity contribution is 14.0. The van der Waals surface area contributed by atoms with Crippen molar-refractivity contribution in [3.05, 3.63) is 65.0 Å². The van der Waals surface area contributed by atoms with Gasteiger partial charge in [-0.05, 0) is 29.8 Å². The molecule has 0 bridgehead atoms. The van der Waals surface area contributed by atoms with Crippen molar-refractivity contribution in [1.82, 2.24) is 20.8 Å². The topological polar surface area (TPSA) is 84.6 Å². The van der Waals surface area contributed by atoms with Gasteiger partial charge in [0.15, 0.2) is 5.96 Å². The fourth-order valence-electron chi connectivity index (χ4n) is 2.38. The summed E-state index contributed by atoms with van der Waals surface area (Å²) in [6.07, 6.45) is 0. The Kier molecular flexibility index (Phi) is 8.52. The monoisotopic (exact) mass is 513 g/mol. The Morgan fingerprint density at radius 3 is 2.57 bits per heavy atom. The highest BCUT2D eigenvalue weighted by atomic mass is 127. The smallest absolute Gasteiger partial charge is 0.246 e. The molecule has 3 aromatic rings. The molecular weight excluding hydrogens is 493 g/mol. The summed E-state index contributed by atoms with van der Waals surface area (Å²) in [6.45, 7) is 0.983. The van der Waals surface area contributed by atoms with Crippen LogP contribution in [-0.4, -0.2) is 30.3 Å². The third-order valence-electron chi connectivity index (χ3n) is 3.80. The van der Waals surface area contributed by atoms with Gasteiger partial charge in [-0.2, -0.15) is 4.98 Å². The third-order valence-corrected chi connectivity index (χ3v) is 4.04. The Morgan fingerprint density at radius 2 is 1.89 bits per heavy atom. The van der Waals surface area contributed by atoms with Crippen molar-refractivity contribution in [2.45, 2.75) is 13.1 Å². The molecule has 0 aliphatic carbocycles. The predicted molar refractivity (Wildman–Crippen MR) is 120 cm³/mol. The number of ether oxygens (including phenoxy) is 1. The molecule has 0 aliphatic rings. The molecule has 1 heterocycles. The van der Waals surface area contributed by atoms with E-state index in [0.717, 1.165) is 16.9 Å². The maximum Gasteiger partial charge on any atom is 0.246 e. The van der Waals surface area contributed by atoms with Gasteiger partial charge in [0.1, 0.15) is 5.75 Å². The lowest BCUT2D eigenvalue weighted by Crippen LogP contribution is -2.36. The fourth-order valence-corrected chi connectivity index (χ4v) is 2.57. The molecule has 2 aromatic carbocycles. The van der Waals surface area contributed by atoms with E-state index in [9.17, 15) is 0 Å². The van der Waals surface area contributed by atoms with Gasteiger partial charge in [0, 0.05) is 24.2 Å². The lowest BCUT2D eigenvalue weighted by atomic mass is 10.2. The summed E-state index contributed by atoms with van der Waals surface area (Å²) in [5.74, 6) is 2.41. The quantitative estimate of drug-likeness (QED) is 0.296. The number of halogens is 2. The molecule has 0 spiro atoms. The van der Waals surface area contributed by atoms with Crippen LogP contribution in [0.1, 0.15) is 11.5 Å². The van der Waals surface area contributed by atoms with Crippen LogP contribution in [0.15, 0.2) is 58.0 Å². The van der Waals surface area contributed by atoms with Crippen molar-refractivity contribution in [2.24, 2.45) is 4.99 Å². The number of hydrogen-bond donors (Lipinski definition) is 2. The summed E-state index contributed by atoms with van der Waals surface area (Å²) >= 11 is 6.00. The largest absolute Gasteiger partial charge is 0.497 e. The van der Waals surface area contributed by atoms with Gasteiger partial charge in [-0.15, -0.1) is 24.0 Å². The van der Waals surface area contributed by atoms with Crippen LogP contribution in [-0.2, 0) is 13.1 Å². The molecule has 0 aliphatic heterocycles. The third kappa shape index (κ3) is 6.10. The van der Waals surface area contributed by atoms with E-state index in [1.54, 1.807) is 26.3 Å². The number of nitrogens with one attached hydrogen (secondary N) is 2. The standard InChI is InChI=1S/C19H20ClN5O2.HI/c1-21-19(22-11-13-6-8-16(26-2)9-7-13)23-12-17-24-18(25-27-17)14-4-3-5-15(20)10-14;/h3-10H,11-12H2,1-2H3,(H2,21,22,23);1H. The van der Waals surface area contributed by atoms with E-state index in [0.29, 0.717) is 35.8 Å². The highest BCUT2D eigenvalue weighted by Crippen LogP contribution is 2.19. The normalized spacial score (nSPS) is 10.9. The van der Waals surface area contributed by atoms with Gasteiger partial charge in [-0.1, -0.05) is 41.0 Å². The minimum absolute atomic E-state index is 0. The molecule has 0 unspecified atom stereocenters. The van der Waals surface area contributed by atoms with Crippen LogP contribution in [0.2, 0.25) is 5.02 Å². The van der Waals surface area contributed by atoms with Crippen molar-refractivity contribution in [1.29, 1.82) is 0 Å². The minimum atomic E-state index is 0. The summed E-state index contributed by atoms with van der Waals surface area (Å²) in [7, 11) is 3.35. The van der Waals surface area contributed by atoms with Crippen molar-refractivity contribution in [3.8, 4) is 17.1 Å². The van der Waals surface area contributed by atoms with Gasteiger partial charge < -0.3 is 19.9 Å². The summed E-state index contributed by atoms with van der Waals surface area (Å²) in [4.78, 5) is 8.56. The van der Waals surface area contributed by atoms with Crippen LogP contribution in [0, 0.1) is 0 Å². The molecule has 1 aromatic heterocycles. The Hall–Kier alpha value is -2.33. The number of rotatable bonds is 6. The number of benzene rings is 2. The predicted octanol–water partition coefficient (Wildman–Crippen LogP) is 3.88. The van der Waals surface area contributed by atoms with Gasteiger partial charge in [0.05, 0.1) is 13.7 Å². The first kappa shape index (κ1) is 22.0. The van der Waals surface area contributed by atoms with E-state index < -0.39 is 0 Å². The fraction of sp³-hybridized carbons (Fsp3) is 0.211. The van der Waals surface area contributed by atoms with Crippen LogP contribution in [0.4, 0.5) is 0 Å². The molecular formula is C19H21ClIN5O2. The first-order chi connectivity index (χ1) is 13.2. The molecule has 0 radical (unpaired) electrons. The van der Waals surface area contributed by atoms with Crippen molar-refractivity contribution >= 4 is 41.5 Å². The van der Waals surface area contributed by atoms with E-state index in [1.165, 1.54) is 0 Å². The second-order valence-electron chi connectivity index (χ2n) is 5.65. The molecule has 148 valence electrons. The zero-order valence-electron chi connectivity index (χ0n) is 15.5. The molecule has 2 N–H and O–H groups in total. The summed E-state index contributed by atoms with van der Waals surface area (Å²) in [5, 5.41) is 11.0. The van der Waals surface area contributed by atoms with Gasteiger partial charge in [0.2, 0.25) is 11.7 Å². The number of nitrogens with zero attached hydrogens (tertiary/aromatic N) is 3. The molecule has 0 fully saturated rings. The molecule has 9 heteroatoms. The minimum Gasteiger partial charge on any atom is -0.497 e. The van der Waals surface area contributed by atoms with Gasteiger partial charge in [0.25, 0.3) is 0 Å². The molecule has 0 saturated carbocycles. The number of methoxy groups -OCH3 is 1. The average molecular weight is 514 g/mol. The Bertz CT molecular complexity index is 915. The average Bonchev–Trinajstić information content (AvgIpc) is 3.18. The van der Waals surface area contributed by atoms with E-state index in [1.807, 2.05) is 36.4 Å². The lowest BCUT2D eigenvalue weighted by molar-refractivity contribution is 0.375. The van der Waals surface area contributed by atoms with Crippen LogP contribution in [0.25, 0.3) is 11.4 Å². The Balaban J connectivity index is 0.00000280. The van der Waals surface area contributed by atoms with Crippen molar-refractivity contribution in [3.63, 3.8) is 0 Å². The summed E-state index contributed by atoms with van der Waals surface area (Å²) < 4.78 is 10.4. The molecule has 28 heavy (non-hydrogen) atoms. The van der Waals surface area contributed by atoms with Crippen LogP contribution in [0.3, 0.4) is 0 Å². The van der Waals surface area contributed by atoms with E-state index >= 15 is 0 Å². The first-order valence-electron chi connectivity index (χ1n) is 8.34. The number of aromatic nitrogens is 2. The lowest BCUT2D eigenvalue weighted by Gasteiger charge is -2.10. The number of hydrogen-bond acceptors (Lipinski definition) is 5. The molecule has 7 nitrogen and oxygen atoms in total. The second kappa shape index (κ2) is 10.9. The van der Waals surface area contributed by atoms with E-state index in [2.05, 4.69) is 25.8 Å². The van der Waals surface area contributed by atoms with Crippen LogP contribution in [0.5, 0.6) is 5.75 Å². The van der Waals surface area contributed by atoms with Gasteiger partial charge in [-0.3, -0.25) is 4.99 Å². The van der Waals surface area contributed by atoms with E-state index in [4.69, 9.17) is 20.9 Å². The molecule has 0 saturated heterocycles. The van der Waals surface area contributed by atoms with E-state index in [-0.39, 0.29) is 24.0 Å². The summed E-state index contributed by atoms with van der Waals surface area (Å²) in [6, 6.07) is 15.1. The molecule has 3 rings (SSSR count). The Labute approximate surface area is 185 Å². The second-order valence-corrected chi connectivity index (χ2v) is 6.09. The molecule has 0 atom stereocenters. The first-order valence-corrected chi connectivity index (χ1v) is 8.71. The van der Waals surface area contributed by atoms with Crippen LogP contribution < -0.4 is 15.4 Å². The van der Waals surface area contributed by atoms with Gasteiger partial charge in [-0.25, -0.2) is 0 Å². The SMILES string of the molecule is CN=C(NCc1ccc(OC)cc1)NCc1nc(-c2cccc(Cl)c2)no1.I. The van der Waals surface area contributed by atoms with Crippen molar-refractivity contribution < 1.29 is 9.26 Å². The summed E-state index contributed by atoms with van der Waals surface area (Å²) in [5.41, 5.74) is 1.92. The number of aliphatic imine (C=N–C) groups is 1. The highest BCUT2D eigenvalue weighted by Gasteiger charge is 2.09. The number of guanidine groups is 1. The molecule has 0 amide bonds. The maximum absolute atomic E-state index is 6.00. The zero-order chi connectivity index (χ0) is 19.1. The zero-order valence-corrected chi connectivity index (χ0v) is 18.6. The van der Waals surface area contributed by atoms with Crippen molar-refractivity contribution in [2.75, 3.05) is 14.2 Å².